The fourth-order valence-corrected chi connectivity index (χ4v) is 1.26. The van der Waals surface area contributed by atoms with Crippen LogP contribution < -0.4 is 10.5 Å². The van der Waals surface area contributed by atoms with Crippen molar-refractivity contribution in [3.8, 4) is 5.75 Å². The maximum Gasteiger partial charge on any atom is 0.119 e. The lowest BCUT2D eigenvalue weighted by Gasteiger charge is -2.22. The maximum atomic E-state index is 7.44. The van der Waals surface area contributed by atoms with E-state index in [1.54, 1.807) is 0 Å². The minimum absolute atomic E-state index is 0.209. The Hall–Kier alpha value is -1.51. The molecule has 0 heterocycles. The quantitative estimate of drug-likeness (QED) is 0.592. The van der Waals surface area contributed by atoms with Gasteiger partial charge in [0.05, 0.1) is 12.4 Å². The monoisotopic (exact) mass is 220 g/mol. The molecule has 0 saturated heterocycles. The average molecular weight is 220 g/mol. The topological polar surface area (TPSA) is 59.1 Å². The summed E-state index contributed by atoms with van der Waals surface area (Å²) in [6, 6.07) is 7.95. The van der Waals surface area contributed by atoms with Gasteiger partial charge in [-0.1, -0.05) is 26.0 Å². The van der Waals surface area contributed by atoms with Gasteiger partial charge in [0.2, 0.25) is 0 Å². The minimum Gasteiger partial charge on any atom is -0.494 e. The molecule has 0 aliphatic heterocycles. The Bertz CT molecular complexity index is 372. The van der Waals surface area contributed by atoms with E-state index in [2.05, 4.69) is 0 Å². The molecule has 0 aromatic heterocycles. The van der Waals surface area contributed by atoms with Crippen molar-refractivity contribution in [3.63, 3.8) is 0 Å². The lowest BCUT2D eigenvalue weighted by Crippen LogP contribution is -2.32. The lowest BCUT2D eigenvalue weighted by molar-refractivity contribution is 0.268. The van der Waals surface area contributed by atoms with E-state index in [1.165, 1.54) is 5.56 Å². The third-order valence-corrected chi connectivity index (χ3v) is 2.71. The molecule has 3 heteroatoms. The van der Waals surface area contributed by atoms with Crippen molar-refractivity contribution in [2.24, 2.45) is 11.1 Å². The van der Waals surface area contributed by atoms with Gasteiger partial charge in [0, 0.05) is 5.41 Å². The second-order valence-corrected chi connectivity index (χ2v) is 4.71. The molecule has 0 spiro atoms. The van der Waals surface area contributed by atoms with Gasteiger partial charge in [-0.25, -0.2) is 0 Å². The van der Waals surface area contributed by atoms with E-state index in [0.717, 1.165) is 12.2 Å². The zero-order valence-corrected chi connectivity index (χ0v) is 10.2. The summed E-state index contributed by atoms with van der Waals surface area (Å²) in [5.74, 6) is 1.08. The van der Waals surface area contributed by atoms with E-state index in [4.69, 9.17) is 15.9 Å². The van der Waals surface area contributed by atoms with Crippen LogP contribution in [0.2, 0.25) is 0 Å². The fraction of sp³-hybridized carbons (Fsp3) is 0.462. The van der Waals surface area contributed by atoms with E-state index < -0.39 is 0 Å². The maximum absolute atomic E-state index is 7.44. The van der Waals surface area contributed by atoms with Crippen LogP contribution in [0.5, 0.6) is 5.75 Å². The molecular weight excluding hydrogens is 200 g/mol. The van der Waals surface area contributed by atoms with E-state index in [0.29, 0.717) is 6.61 Å². The lowest BCUT2D eigenvalue weighted by atomic mass is 9.88. The molecule has 0 aliphatic rings. The molecular formula is C13H20N2O. The van der Waals surface area contributed by atoms with Crippen LogP contribution in [0.25, 0.3) is 0 Å². The number of rotatable bonds is 5. The zero-order valence-electron chi connectivity index (χ0n) is 10.2. The number of amidine groups is 1. The highest BCUT2D eigenvalue weighted by molar-refractivity contribution is 5.82. The van der Waals surface area contributed by atoms with Gasteiger partial charge in [0.1, 0.15) is 5.75 Å². The molecule has 1 aromatic carbocycles. The van der Waals surface area contributed by atoms with Crippen molar-refractivity contribution in [1.29, 1.82) is 5.41 Å². The highest BCUT2D eigenvalue weighted by Crippen LogP contribution is 2.20. The number of nitrogens with two attached hydrogens (primary N) is 1. The van der Waals surface area contributed by atoms with Gasteiger partial charge in [-0.3, -0.25) is 5.41 Å². The van der Waals surface area contributed by atoms with Gasteiger partial charge in [-0.15, -0.1) is 0 Å². The molecule has 16 heavy (non-hydrogen) atoms. The molecule has 0 aliphatic carbocycles. The van der Waals surface area contributed by atoms with Crippen LogP contribution in [0.3, 0.4) is 0 Å². The summed E-state index contributed by atoms with van der Waals surface area (Å²) in [6.45, 7) is 6.52. The minimum atomic E-state index is -0.288. The molecule has 0 saturated carbocycles. The summed E-state index contributed by atoms with van der Waals surface area (Å²) >= 11 is 0. The summed E-state index contributed by atoms with van der Waals surface area (Å²) in [5.41, 5.74) is 6.40. The summed E-state index contributed by atoms with van der Waals surface area (Å²) in [6.07, 6.45) is 0.746. The van der Waals surface area contributed by atoms with Crippen molar-refractivity contribution in [2.45, 2.75) is 27.2 Å². The second-order valence-electron chi connectivity index (χ2n) is 4.71. The third-order valence-electron chi connectivity index (χ3n) is 2.71. The number of ether oxygens (including phenoxy) is 1. The first-order valence-corrected chi connectivity index (χ1v) is 5.46. The summed E-state index contributed by atoms with van der Waals surface area (Å²) in [7, 11) is 0. The Balaban J connectivity index is 2.45. The van der Waals surface area contributed by atoms with Gasteiger partial charge >= 0.3 is 0 Å². The highest BCUT2D eigenvalue weighted by atomic mass is 16.5. The Morgan fingerprint density at radius 1 is 1.44 bits per heavy atom. The number of hydrogen-bond acceptors (Lipinski definition) is 2. The SMILES string of the molecule is Cc1cccc(OCCC(C)(C)C(=N)N)c1. The molecule has 0 unspecified atom stereocenters. The average Bonchev–Trinajstić information content (AvgIpc) is 2.17. The molecule has 0 atom stereocenters. The summed E-state index contributed by atoms with van der Waals surface area (Å²) in [5, 5.41) is 7.44. The van der Waals surface area contributed by atoms with Crippen LogP contribution >= 0.6 is 0 Å². The molecule has 0 bridgehead atoms. The van der Waals surface area contributed by atoms with E-state index in [1.807, 2.05) is 45.0 Å². The number of benzene rings is 1. The molecule has 0 radical (unpaired) electrons. The Morgan fingerprint density at radius 3 is 2.69 bits per heavy atom. The number of nitrogens with one attached hydrogen (secondary N) is 1. The summed E-state index contributed by atoms with van der Waals surface area (Å²) in [4.78, 5) is 0. The molecule has 1 rings (SSSR count). The van der Waals surface area contributed by atoms with E-state index in [-0.39, 0.29) is 11.3 Å². The van der Waals surface area contributed by atoms with Gasteiger partial charge in [-0.05, 0) is 31.0 Å². The number of hydrogen-bond donors (Lipinski definition) is 2. The molecule has 3 nitrogen and oxygen atoms in total. The van der Waals surface area contributed by atoms with Crippen molar-refractivity contribution >= 4 is 5.84 Å². The number of aryl methyl sites for hydroxylation is 1. The van der Waals surface area contributed by atoms with E-state index >= 15 is 0 Å². The van der Waals surface area contributed by atoms with Crippen molar-refractivity contribution < 1.29 is 4.74 Å². The molecule has 0 amide bonds. The van der Waals surface area contributed by atoms with Gasteiger partial charge in [-0.2, -0.15) is 0 Å². The normalized spacial score (nSPS) is 11.2. The molecule has 3 N–H and O–H groups in total. The second kappa shape index (κ2) is 5.01. The molecule has 88 valence electrons. The van der Waals surface area contributed by atoms with Gasteiger partial charge in [0.25, 0.3) is 0 Å². The van der Waals surface area contributed by atoms with Crippen LogP contribution in [0.4, 0.5) is 0 Å². The van der Waals surface area contributed by atoms with E-state index in [9.17, 15) is 0 Å². The summed E-state index contributed by atoms with van der Waals surface area (Å²) < 4.78 is 5.62. The standard InChI is InChI=1S/C13H20N2O/c1-10-5-4-6-11(9-10)16-8-7-13(2,3)12(14)15/h4-6,9H,7-8H2,1-3H3,(H3,14,15). The predicted octanol–water partition coefficient (Wildman–Crippen LogP) is 2.73. The first kappa shape index (κ1) is 12.6. The van der Waals surface area contributed by atoms with Crippen molar-refractivity contribution in [3.05, 3.63) is 29.8 Å². The molecule has 1 aromatic rings. The Morgan fingerprint density at radius 2 is 2.12 bits per heavy atom. The van der Waals surface area contributed by atoms with Crippen molar-refractivity contribution in [2.75, 3.05) is 6.61 Å². The Labute approximate surface area is 97.1 Å². The third kappa shape index (κ3) is 3.57. The smallest absolute Gasteiger partial charge is 0.119 e. The molecule has 0 fully saturated rings. The highest BCUT2D eigenvalue weighted by Gasteiger charge is 2.21. The van der Waals surface area contributed by atoms with Crippen LogP contribution in [0.15, 0.2) is 24.3 Å². The predicted molar refractivity (Wildman–Crippen MR) is 67.0 cm³/mol. The first-order chi connectivity index (χ1) is 7.42. The van der Waals surface area contributed by atoms with Crippen LogP contribution in [0, 0.1) is 17.7 Å². The van der Waals surface area contributed by atoms with Gasteiger partial charge < -0.3 is 10.5 Å². The fourth-order valence-electron chi connectivity index (χ4n) is 1.26. The first-order valence-electron chi connectivity index (χ1n) is 5.46. The van der Waals surface area contributed by atoms with Crippen LogP contribution in [-0.4, -0.2) is 12.4 Å². The largest absolute Gasteiger partial charge is 0.494 e. The van der Waals surface area contributed by atoms with Crippen LogP contribution in [-0.2, 0) is 0 Å². The van der Waals surface area contributed by atoms with Crippen molar-refractivity contribution in [1.82, 2.24) is 0 Å². The zero-order chi connectivity index (χ0) is 12.2. The Kier molecular flexibility index (Phi) is 3.93. The van der Waals surface area contributed by atoms with Gasteiger partial charge in [0.15, 0.2) is 0 Å². The van der Waals surface area contributed by atoms with Crippen LogP contribution in [0.1, 0.15) is 25.8 Å².